The number of amides is 2. The van der Waals surface area contributed by atoms with E-state index in [9.17, 15) is 14.4 Å². The highest BCUT2D eigenvalue weighted by Crippen LogP contribution is 2.22. The monoisotopic (exact) mass is 251 g/mol. The lowest BCUT2D eigenvalue weighted by Crippen LogP contribution is -2.31. The number of rotatable bonds is 3. The lowest BCUT2D eigenvalue weighted by molar-refractivity contribution is -0.140. The van der Waals surface area contributed by atoms with Gasteiger partial charge in [-0.1, -0.05) is 6.92 Å². The molecule has 2 heterocycles. The van der Waals surface area contributed by atoms with E-state index in [0.29, 0.717) is 5.69 Å². The van der Waals surface area contributed by atoms with Crippen molar-refractivity contribution in [2.75, 3.05) is 0 Å². The molecule has 0 aliphatic carbocycles. The van der Waals surface area contributed by atoms with Crippen LogP contribution in [0.4, 0.5) is 0 Å². The zero-order chi connectivity index (χ0) is 13.4. The summed E-state index contributed by atoms with van der Waals surface area (Å²) >= 11 is 0. The highest BCUT2D eigenvalue weighted by atomic mass is 16.4. The van der Waals surface area contributed by atoms with Crippen LogP contribution in [0.2, 0.25) is 0 Å². The molecule has 2 rings (SSSR count). The van der Waals surface area contributed by atoms with E-state index in [1.165, 1.54) is 10.9 Å². The standard InChI is InChI=1S/C11H13N3O4/c1-6-3-9(15)14(10(6)16)5-8-7(11(17)18)4-12-13(8)2/h4,6H,3,5H2,1-2H3,(H,17,18). The molecule has 0 radical (unpaired) electrons. The molecule has 0 aromatic carbocycles. The second-order valence-corrected chi connectivity index (χ2v) is 4.36. The van der Waals surface area contributed by atoms with E-state index in [2.05, 4.69) is 5.10 Å². The summed E-state index contributed by atoms with van der Waals surface area (Å²) in [6, 6.07) is 0. The first kappa shape index (κ1) is 12.3. The molecule has 1 saturated heterocycles. The third-order valence-electron chi connectivity index (χ3n) is 3.07. The number of carboxylic acid groups (broad SMARTS) is 1. The molecule has 1 aliphatic rings. The van der Waals surface area contributed by atoms with E-state index in [1.54, 1.807) is 14.0 Å². The van der Waals surface area contributed by atoms with Gasteiger partial charge in [0.15, 0.2) is 0 Å². The van der Waals surface area contributed by atoms with Gasteiger partial charge in [-0.3, -0.25) is 19.2 Å². The van der Waals surface area contributed by atoms with Crippen LogP contribution < -0.4 is 0 Å². The molecule has 7 heteroatoms. The van der Waals surface area contributed by atoms with Crippen LogP contribution in [-0.2, 0) is 23.2 Å². The number of carbonyl (C=O) groups is 3. The topological polar surface area (TPSA) is 92.5 Å². The average molecular weight is 251 g/mol. The first-order chi connectivity index (χ1) is 8.41. The number of hydrogen-bond donors (Lipinski definition) is 1. The molecule has 0 bridgehead atoms. The van der Waals surface area contributed by atoms with Crippen LogP contribution in [0, 0.1) is 5.92 Å². The van der Waals surface area contributed by atoms with Gasteiger partial charge in [-0.25, -0.2) is 4.79 Å². The van der Waals surface area contributed by atoms with Crippen molar-refractivity contribution < 1.29 is 19.5 Å². The van der Waals surface area contributed by atoms with E-state index < -0.39 is 5.97 Å². The van der Waals surface area contributed by atoms with Gasteiger partial charge < -0.3 is 5.11 Å². The van der Waals surface area contributed by atoms with Gasteiger partial charge in [0.1, 0.15) is 5.56 Å². The number of carbonyl (C=O) groups excluding carboxylic acids is 2. The van der Waals surface area contributed by atoms with Gasteiger partial charge in [-0.05, 0) is 0 Å². The molecule has 0 spiro atoms. The van der Waals surface area contributed by atoms with Crippen LogP contribution in [0.15, 0.2) is 6.20 Å². The Morgan fingerprint density at radius 2 is 2.22 bits per heavy atom. The largest absolute Gasteiger partial charge is 0.478 e. The SMILES string of the molecule is CC1CC(=O)N(Cc2c(C(=O)O)cnn2C)C1=O. The maximum atomic E-state index is 11.8. The van der Waals surface area contributed by atoms with Gasteiger partial charge >= 0.3 is 5.97 Å². The molecule has 2 amide bonds. The second kappa shape index (κ2) is 4.25. The quantitative estimate of drug-likeness (QED) is 0.764. The molecule has 18 heavy (non-hydrogen) atoms. The van der Waals surface area contributed by atoms with E-state index in [-0.39, 0.29) is 36.3 Å². The highest BCUT2D eigenvalue weighted by molar-refractivity contribution is 6.03. The molecule has 1 unspecified atom stereocenters. The zero-order valence-electron chi connectivity index (χ0n) is 10.1. The third-order valence-corrected chi connectivity index (χ3v) is 3.07. The summed E-state index contributed by atoms with van der Waals surface area (Å²) in [5.41, 5.74) is 0.357. The normalized spacial score (nSPS) is 19.7. The molecule has 1 atom stereocenters. The van der Waals surface area contributed by atoms with Gasteiger partial charge in [0.2, 0.25) is 11.8 Å². The lowest BCUT2D eigenvalue weighted by atomic mass is 10.1. The molecule has 96 valence electrons. The van der Waals surface area contributed by atoms with Crippen LogP contribution in [0.1, 0.15) is 29.4 Å². The molecule has 0 saturated carbocycles. The van der Waals surface area contributed by atoms with Crippen molar-refractivity contribution in [3.05, 3.63) is 17.5 Å². The number of carboxylic acids is 1. The smallest absolute Gasteiger partial charge is 0.339 e. The molecule has 1 N–H and O–H groups in total. The Labute approximate surface area is 103 Å². The number of likely N-dealkylation sites (tertiary alicyclic amines) is 1. The summed E-state index contributed by atoms with van der Waals surface area (Å²) in [7, 11) is 1.58. The van der Waals surface area contributed by atoms with E-state index >= 15 is 0 Å². The van der Waals surface area contributed by atoms with Crippen molar-refractivity contribution in [1.29, 1.82) is 0 Å². The number of aromatic carboxylic acids is 1. The van der Waals surface area contributed by atoms with Gasteiger partial charge in [0, 0.05) is 19.4 Å². The van der Waals surface area contributed by atoms with Gasteiger partial charge in [-0.2, -0.15) is 5.10 Å². The lowest BCUT2D eigenvalue weighted by Gasteiger charge is -2.14. The number of aryl methyl sites for hydroxylation is 1. The summed E-state index contributed by atoms with van der Waals surface area (Å²) < 4.78 is 1.37. The third kappa shape index (κ3) is 1.87. The summed E-state index contributed by atoms with van der Waals surface area (Å²) in [4.78, 5) is 35.5. The van der Waals surface area contributed by atoms with Crippen LogP contribution in [-0.4, -0.2) is 37.6 Å². The van der Waals surface area contributed by atoms with Crippen molar-refractivity contribution in [3.63, 3.8) is 0 Å². The van der Waals surface area contributed by atoms with E-state index in [4.69, 9.17) is 5.11 Å². The Bertz CT molecular complexity index is 534. The van der Waals surface area contributed by atoms with E-state index in [0.717, 1.165) is 4.90 Å². The first-order valence-corrected chi connectivity index (χ1v) is 5.50. The maximum absolute atomic E-state index is 11.8. The Hall–Kier alpha value is -2.18. The summed E-state index contributed by atoms with van der Waals surface area (Å²) in [5, 5.41) is 12.8. The molecular formula is C11H13N3O4. The molecule has 1 aromatic heterocycles. The van der Waals surface area contributed by atoms with E-state index in [1.807, 2.05) is 0 Å². The molecular weight excluding hydrogens is 238 g/mol. The van der Waals surface area contributed by atoms with Gasteiger partial charge in [0.05, 0.1) is 18.4 Å². The van der Waals surface area contributed by atoms with Crippen molar-refractivity contribution in [1.82, 2.24) is 14.7 Å². The Morgan fingerprint density at radius 1 is 1.56 bits per heavy atom. The van der Waals surface area contributed by atoms with Crippen LogP contribution >= 0.6 is 0 Å². The summed E-state index contributed by atoms with van der Waals surface area (Å²) in [6.07, 6.45) is 1.39. The molecule has 7 nitrogen and oxygen atoms in total. The fraction of sp³-hybridized carbons (Fsp3) is 0.455. The fourth-order valence-corrected chi connectivity index (χ4v) is 1.99. The summed E-state index contributed by atoms with van der Waals surface area (Å²) in [5.74, 6) is -1.99. The van der Waals surface area contributed by atoms with Crippen LogP contribution in [0.5, 0.6) is 0 Å². The van der Waals surface area contributed by atoms with Gasteiger partial charge in [0.25, 0.3) is 0 Å². The molecule has 1 aliphatic heterocycles. The Balaban J connectivity index is 2.30. The number of hydrogen-bond acceptors (Lipinski definition) is 4. The van der Waals surface area contributed by atoms with Crippen molar-refractivity contribution in [3.8, 4) is 0 Å². The average Bonchev–Trinajstić information content (AvgIpc) is 2.76. The number of aromatic nitrogens is 2. The first-order valence-electron chi connectivity index (χ1n) is 5.50. The zero-order valence-corrected chi connectivity index (χ0v) is 10.1. The predicted octanol–water partition coefficient (Wildman–Crippen LogP) is 0.0133. The summed E-state index contributed by atoms with van der Waals surface area (Å²) in [6.45, 7) is 1.64. The molecule has 1 aromatic rings. The van der Waals surface area contributed by atoms with Crippen molar-refractivity contribution in [2.24, 2.45) is 13.0 Å². The number of nitrogens with zero attached hydrogens (tertiary/aromatic N) is 3. The minimum Gasteiger partial charge on any atom is -0.478 e. The number of imide groups is 1. The maximum Gasteiger partial charge on any atom is 0.339 e. The molecule has 1 fully saturated rings. The van der Waals surface area contributed by atoms with Crippen molar-refractivity contribution in [2.45, 2.75) is 19.9 Å². The minimum absolute atomic E-state index is 0.0117. The minimum atomic E-state index is -1.12. The van der Waals surface area contributed by atoms with Crippen LogP contribution in [0.25, 0.3) is 0 Å². The van der Waals surface area contributed by atoms with Crippen molar-refractivity contribution >= 4 is 17.8 Å². The highest BCUT2D eigenvalue weighted by Gasteiger charge is 2.36. The predicted molar refractivity (Wildman–Crippen MR) is 59.5 cm³/mol. The Morgan fingerprint density at radius 3 is 2.72 bits per heavy atom. The van der Waals surface area contributed by atoms with Crippen LogP contribution in [0.3, 0.4) is 0 Å². The van der Waals surface area contributed by atoms with Gasteiger partial charge in [-0.15, -0.1) is 0 Å². The fourth-order valence-electron chi connectivity index (χ4n) is 1.99. The Kier molecular flexibility index (Phi) is 2.90. The second-order valence-electron chi connectivity index (χ2n) is 4.36.